The number of aromatic nitrogens is 3. The van der Waals surface area contributed by atoms with Gasteiger partial charge in [-0.1, -0.05) is 23.5 Å². The monoisotopic (exact) mass is 398 g/mol. The number of hydrogen-bond acceptors (Lipinski definition) is 6. The number of nitrogens with zero attached hydrogens (tertiary/aromatic N) is 3. The van der Waals surface area contributed by atoms with Gasteiger partial charge in [-0.25, -0.2) is 9.50 Å². The number of benzene rings is 1. The molecule has 3 aromatic rings. The minimum Gasteiger partial charge on any atom is -0.406 e. The third-order valence-electron chi connectivity index (χ3n) is 4.47. The molecule has 1 saturated carbocycles. The Bertz CT molecular complexity index is 932. The van der Waals surface area contributed by atoms with Crippen LogP contribution in [0.1, 0.15) is 25.7 Å². The molecule has 10 heteroatoms. The quantitative estimate of drug-likeness (QED) is 0.693. The Hall–Kier alpha value is -2.33. The van der Waals surface area contributed by atoms with Gasteiger partial charge in [0.05, 0.1) is 18.0 Å². The van der Waals surface area contributed by atoms with Crippen molar-refractivity contribution in [1.82, 2.24) is 14.6 Å². The first-order chi connectivity index (χ1) is 12.9. The van der Waals surface area contributed by atoms with Gasteiger partial charge in [0.15, 0.2) is 0 Å². The molecule has 0 radical (unpaired) electrons. The van der Waals surface area contributed by atoms with Crippen molar-refractivity contribution in [3.8, 4) is 17.0 Å². The Morgan fingerprint density at radius 3 is 2.74 bits per heavy atom. The van der Waals surface area contributed by atoms with Crippen molar-refractivity contribution in [2.45, 2.75) is 44.2 Å². The molecule has 0 unspecified atom stereocenters. The summed E-state index contributed by atoms with van der Waals surface area (Å²) in [5.74, 6) is -0.288. The third kappa shape index (κ3) is 4.16. The molecule has 1 aromatic carbocycles. The van der Waals surface area contributed by atoms with Gasteiger partial charge in [0.2, 0.25) is 10.1 Å². The molecule has 4 rings (SSSR count). The average Bonchev–Trinajstić information content (AvgIpc) is 3.15. The number of alkyl halides is 3. The van der Waals surface area contributed by atoms with E-state index in [4.69, 9.17) is 0 Å². The lowest BCUT2D eigenvalue weighted by Crippen LogP contribution is -2.28. The highest BCUT2D eigenvalue weighted by Crippen LogP contribution is 2.31. The van der Waals surface area contributed by atoms with Gasteiger partial charge in [0.1, 0.15) is 5.75 Å². The third-order valence-corrected chi connectivity index (χ3v) is 5.33. The fraction of sp³-hybridized carbons (Fsp3) is 0.412. The second kappa shape index (κ2) is 7.01. The molecule has 0 atom stereocenters. The van der Waals surface area contributed by atoms with Crippen molar-refractivity contribution >= 4 is 21.4 Å². The highest BCUT2D eigenvalue weighted by Gasteiger charge is 2.31. The first-order valence-corrected chi connectivity index (χ1v) is 9.34. The summed E-state index contributed by atoms with van der Waals surface area (Å²) in [4.78, 5) is 4.95. The summed E-state index contributed by atoms with van der Waals surface area (Å²) in [6.07, 6.45) is -0.133. The largest absolute Gasteiger partial charge is 0.573 e. The predicted molar refractivity (Wildman–Crippen MR) is 94.9 cm³/mol. The molecule has 0 aliphatic heterocycles. The van der Waals surface area contributed by atoms with Crippen LogP contribution in [0, 0.1) is 0 Å². The Morgan fingerprint density at radius 2 is 2.00 bits per heavy atom. The summed E-state index contributed by atoms with van der Waals surface area (Å²) in [6, 6.07) is 5.99. The normalized spacial score (nSPS) is 20.7. The molecule has 2 aromatic heterocycles. The van der Waals surface area contributed by atoms with Crippen LogP contribution in [0.4, 0.5) is 18.3 Å². The van der Waals surface area contributed by atoms with Crippen LogP contribution in [0.15, 0.2) is 30.5 Å². The zero-order chi connectivity index (χ0) is 19.0. The van der Waals surface area contributed by atoms with Crippen LogP contribution in [0.3, 0.4) is 0 Å². The molecule has 27 heavy (non-hydrogen) atoms. The average molecular weight is 398 g/mol. The number of nitrogens with one attached hydrogen (secondary N) is 1. The first kappa shape index (κ1) is 18.1. The summed E-state index contributed by atoms with van der Waals surface area (Å²) in [7, 11) is 0. The first-order valence-electron chi connectivity index (χ1n) is 8.53. The van der Waals surface area contributed by atoms with E-state index < -0.39 is 6.36 Å². The molecule has 1 aliphatic carbocycles. The fourth-order valence-corrected chi connectivity index (χ4v) is 4.05. The van der Waals surface area contributed by atoms with Crippen molar-refractivity contribution in [1.29, 1.82) is 0 Å². The molecule has 0 spiro atoms. The van der Waals surface area contributed by atoms with Crippen LogP contribution in [0.5, 0.6) is 5.75 Å². The van der Waals surface area contributed by atoms with Crippen LogP contribution in [0.2, 0.25) is 0 Å². The molecule has 0 bridgehead atoms. The maximum Gasteiger partial charge on any atom is 0.573 e. The minimum absolute atomic E-state index is 0.227. The van der Waals surface area contributed by atoms with E-state index in [1.54, 1.807) is 16.8 Å². The molecular formula is C17H17F3N4O2S. The summed E-state index contributed by atoms with van der Waals surface area (Å²) >= 11 is 1.38. The van der Waals surface area contributed by atoms with E-state index in [9.17, 15) is 18.3 Å². The summed E-state index contributed by atoms with van der Waals surface area (Å²) in [6.45, 7) is 0. The lowest BCUT2D eigenvalue weighted by atomic mass is 9.93. The molecule has 0 saturated heterocycles. The Kier molecular flexibility index (Phi) is 4.68. The number of halogens is 3. The highest BCUT2D eigenvalue weighted by molar-refractivity contribution is 7.20. The fourth-order valence-electron chi connectivity index (χ4n) is 3.20. The molecule has 2 N–H and O–H groups in total. The van der Waals surface area contributed by atoms with Crippen molar-refractivity contribution < 1.29 is 23.0 Å². The van der Waals surface area contributed by atoms with Crippen LogP contribution < -0.4 is 10.1 Å². The molecule has 1 aliphatic rings. The second-order valence-corrected chi connectivity index (χ2v) is 7.43. The van der Waals surface area contributed by atoms with E-state index >= 15 is 0 Å². The number of fused-ring (bicyclic) bond motifs is 1. The van der Waals surface area contributed by atoms with Gasteiger partial charge in [0, 0.05) is 11.6 Å². The summed E-state index contributed by atoms with van der Waals surface area (Å²) in [5.41, 5.74) is 1.11. The second-order valence-electron chi connectivity index (χ2n) is 6.47. The number of imidazole rings is 1. The number of rotatable bonds is 4. The summed E-state index contributed by atoms with van der Waals surface area (Å²) < 4.78 is 42.9. The van der Waals surface area contributed by atoms with Gasteiger partial charge in [0.25, 0.3) is 0 Å². The van der Waals surface area contributed by atoms with Gasteiger partial charge >= 0.3 is 6.36 Å². The van der Waals surface area contributed by atoms with Crippen LogP contribution in [-0.4, -0.2) is 38.2 Å². The minimum atomic E-state index is -4.74. The highest BCUT2D eigenvalue weighted by atomic mass is 32.1. The Labute approximate surface area is 156 Å². The van der Waals surface area contributed by atoms with E-state index in [0.717, 1.165) is 25.7 Å². The predicted octanol–water partition coefficient (Wildman–Crippen LogP) is 4.07. The number of hydrogen-bond donors (Lipinski definition) is 2. The van der Waals surface area contributed by atoms with Gasteiger partial charge in [-0.15, -0.1) is 18.3 Å². The topological polar surface area (TPSA) is 71.7 Å². The van der Waals surface area contributed by atoms with Crippen LogP contribution >= 0.6 is 11.3 Å². The summed E-state index contributed by atoms with van der Waals surface area (Å²) in [5, 5.41) is 18.2. The van der Waals surface area contributed by atoms with Gasteiger partial charge < -0.3 is 15.2 Å². The zero-order valence-electron chi connectivity index (χ0n) is 14.1. The van der Waals surface area contributed by atoms with E-state index in [-0.39, 0.29) is 17.9 Å². The number of ether oxygens (including phenoxy) is 1. The molecule has 0 amide bonds. The molecule has 6 nitrogen and oxygen atoms in total. The Morgan fingerprint density at radius 1 is 1.22 bits per heavy atom. The molecule has 144 valence electrons. The van der Waals surface area contributed by atoms with E-state index in [1.165, 1.54) is 29.5 Å². The van der Waals surface area contributed by atoms with Gasteiger partial charge in [-0.3, -0.25) is 0 Å². The van der Waals surface area contributed by atoms with Gasteiger partial charge in [-0.2, -0.15) is 0 Å². The van der Waals surface area contributed by atoms with E-state index in [1.807, 2.05) is 0 Å². The zero-order valence-corrected chi connectivity index (χ0v) is 14.9. The van der Waals surface area contributed by atoms with E-state index in [0.29, 0.717) is 21.3 Å². The molecule has 1 fully saturated rings. The number of aliphatic hydroxyl groups is 1. The van der Waals surface area contributed by atoms with Crippen LogP contribution in [0.25, 0.3) is 16.2 Å². The molecular weight excluding hydrogens is 381 g/mol. The smallest absolute Gasteiger partial charge is 0.406 e. The Balaban J connectivity index is 1.56. The number of anilines is 1. The molecule has 2 heterocycles. The lowest BCUT2D eigenvalue weighted by molar-refractivity contribution is -0.274. The standard InChI is InChI=1S/C17H17F3N4O2S/c18-17(19,20)26-13-3-1-2-10(8-13)14-9-21-16-24(14)23-15(27-16)22-11-4-6-12(25)7-5-11/h1-3,8-9,11-12,25H,4-7H2,(H,22,23). The van der Waals surface area contributed by atoms with Crippen molar-refractivity contribution in [2.75, 3.05) is 5.32 Å². The SMILES string of the molecule is OC1CCC(Nc2nn3c(-c4cccc(OC(F)(F)F)c4)cnc3s2)CC1. The van der Waals surface area contributed by atoms with Crippen LogP contribution in [-0.2, 0) is 0 Å². The van der Waals surface area contributed by atoms with E-state index in [2.05, 4.69) is 20.1 Å². The maximum absolute atomic E-state index is 12.4. The van der Waals surface area contributed by atoms with Crippen molar-refractivity contribution in [2.24, 2.45) is 0 Å². The number of aliphatic hydroxyl groups excluding tert-OH is 1. The van der Waals surface area contributed by atoms with Crippen molar-refractivity contribution in [3.05, 3.63) is 30.5 Å². The maximum atomic E-state index is 12.4. The lowest BCUT2D eigenvalue weighted by Gasteiger charge is -2.25. The van der Waals surface area contributed by atoms with Gasteiger partial charge in [-0.05, 0) is 37.8 Å². The van der Waals surface area contributed by atoms with Crippen molar-refractivity contribution in [3.63, 3.8) is 0 Å².